The summed E-state index contributed by atoms with van der Waals surface area (Å²) in [6.45, 7) is 0. The summed E-state index contributed by atoms with van der Waals surface area (Å²) in [6, 6.07) is 4.02. The lowest BCUT2D eigenvalue weighted by Crippen LogP contribution is -2.55. The molecule has 0 unspecified atom stereocenters. The van der Waals surface area contributed by atoms with Crippen molar-refractivity contribution in [2.24, 2.45) is 5.73 Å². The van der Waals surface area contributed by atoms with Crippen molar-refractivity contribution in [3.8, 4) is 0 Å². The number of nitrogens with two attached hydrogens (primary N) is 1. The van der Waals surface area contributed by atoms with Gasteiger partial charge in [0.25, 0.3) is 0 Å². The average molecular weight is 395 g/mol. The third-order valence-corrected chi connectivity index (χ3v) is 3.64. The van der Waals surface area contributed by atoms with E-state index in [-0.39, 0.29) is 6.42 Å². The van der Waals surface area contributed by atoms with E-state index in [1.54, 1.807) is 30.3 Å². The number of nitrogens with one attached hydrogen (secondary N) is 2. The first kappa shape index (κ1) is 22.6. The van der Waals surface area contributed by atoms with Crippen molar-refractivity contribution in [1.29, 1.82) is 0 Å². The van der Waals surface area contributed by atoms with Gasteiger partial charge in [-0.15, -0.1) is 0 Å². The number of carboxylic acids is 3. The molecule has 0 aliphatic rings. The summed E-state index contributed by atoms with van der Waals surface area (Å²) in [5, 5.41) is 30.9. The predicted octanol–water partition coefficient (Wildman–Crippen LogP) is -1.44. The van der Waals surface area contributed by atoms with Crippen LogP contribution < -0.4 is 16.4 Å². The molecule has 0 spiro atoms. The number of rotatable bonds is 11. The Kier molecular flexibility index (Phi) is 8.56. The summed E-state index contributed by atoms with van der Waals surface area (Å²) in [7, 11) is 0. The molecule has 1 rings (SSSR count). The lowest BCUT2D eigenvalue weighted by atomic mass is 10.0. The fourth-order valence-electron chi connectivity index (χ4n) is 2.27. The van der Waals surface area contributed by atoms with Crippen molar-refractivity contribution < 1.29 is 39.3 Å². The van der Waals surface area contributed by atoms with Gasteiger partial charge in [0, 0.05) is 6.42 Å². The molecule has 0 radical (unpaired) electrons. The minimum absolute atomic E-state index is 0.0440. The summed E-state index contributed by atoms with van der Waals surface area (Å²) in [5.41, 5.74) is 6.10. The second-order valence-corrected chi connectivity index (χ2v) is 5.95. The van der Waals surface area contributed by atoms with E-state index in [2.05, 4.69) is 10.6 Å². The van der Waals surface area contributed by atoms with Crippen LogP contribution in [-0.4, -0.2) is 63.2 Å². The summed E-state index contributed by atoms with van der Waals surface area (Å²) in [6.07, 6.45) is -1.56. The first-order valence-corrected chi connectivity index (χ1v) is 8.16. The molecule has 0 saturated carbocycles. The normalized spacial score (nSPS) is 13.6. The minimum Gasteiger partial charge on any atom is -0.481 e. The number of benzene rings is 1. The Morgan fingerprint density at radius 1 is 0.821 bits per heavy atom. The Balaban J connectivity index is 2.96. The van der Waals surface area contributed by atoms with Crippen LogP contribution in [0.15, 0.2) is 30.3 Å². The van der Waals surface area contributed by atoms with Crippen LogP contribution in [0.5, 0.6) is 0 Å². The third-order valence-electron chi connectivity index (χ3n) is 3.64. The van der Waals surface area contributed by atoms with Crippen molar-refractivity contribution in [1.82, 2.24) is 10.6 Å². The Hall–Kier alpha value is -3.47. The van der Waals surface area contributed by atoms with Crippen LogP contribution in [0.4, 0.5) is 0 Å². The molecule has 0 fully saturated rings. The molecule has 0 heterocycles. The number of hydrogen-bond acceptors (Lipinski definition) is 6. The smallest absolute Gasteiger partial charge is 0.326 e. The van der Waals surface area contributed by atoms with E-state index in [9.17, 15) is 24.0 Å². The average Bonchev–Trinajstić information content (AvgIpc) is 2.60. The van der Waals surface area contributed by atoms with Gasteiger partial charge in [0.05, 0.1) is 18.9 Å². The summed E-state index contributed by atoms with van der Waals surface area (Å²) in [5.74, 6) is -6.14. The minimum atomic E-state index is -1.70. The van der Waals surface area contributed by atoms with Gasteiger partial charge in [-0.3, -0.25) is 19.2 Å². The summed E-state index contributed by atoms with van der Waals surface area (Å²) in [4.78, 5) is 57.2. The fourth-order valence-corrected chi connectivity index (χ4v) is 2.27. The molecule has 0 aliphatic heterocycles. The molecule has 28 heavy (non-hydrogen) atoms. The van der Waals surface area contributed by atoms with Crippen molar-refractivity contribution in [2.75, 3.05) is 0 Å². The van der Waals surface area contributed by atoms with E-state index in [1.807, 2.05) is 0 Å². The van der Waals surface area contributed by atoms with Crippen LogP contribution >= 0.6 is 0 Å². The molecule has 1 aromatic rings. The van der Waals surface area contributed by atoms with Crippen LogP contribution in [0.1, 0.15) is 18.4 Å². The van der Waals surface area contributed by atoms with Crippen molar-refractivity contribution in [3.63, 3.8) is 0 Å². The van der Waals surface area contributed by atoms with Crippen molar-refractivity contribution in [3.05, 3.63) is 35.9 Å². The highest BCUT2D eigenvalue weighted by Crippen LogP contribution is 2.05. The summed E-state index contributed by atoms with van der Waals surface area (Å²) >= 11 is 0. The largest absolute Gasteiger partial charge is 0.481 e. The highest BCUT2D eigenvalue weighted by molar-refractivity contribution is 5.93. The number of hydrogen-bond donors (Lipinski definition) is 6. The van der Waals surface area contributed by atoms with Gasteiger partial charge in [0.15, 0.2) is 0 Å². The highest BCUT2D eigenvalue weighted by atomic mass is 16.4. The van der Waals surface area contributed by atoms with E-state index in [0.29, 0.717) is 5.56 Å². The van der Waals surface area contributed by atoms with Crippen molar-refractivity contribution in [2.45, 2.75) is 37.4 Å². The van der Waals surface area contributed by atoms with Gasteiger partial charge in [-0.1, -0.05) is 30.3 Å². The zero-order valence-corrected chi connectivity index (χ0v) is 14.7. The quantitative estimate of drug-likeness (QED) is 0.260. The SMILES string of the molecule is N[C@@H](CC(=O)O)C(=O)N[C@@H](Cc1ccccc1)C(=O)N[C@@H](CC(=O)O)C(=O)O. The van der Waals surface area contributed by atoms with E-state index < -0.39 is 60.7 Å². The second kappa shape index (κ2) is 10.6. The Morgan fingerprint density at radius 2 is 1.36 bits per heavy atom. The van der Waals surface area contributed by atoms with Gasteiger partial charge in [0.1, 0.15) is 12.1 Å². The molecule has 0 bridgehead atoms. The Labute approximate surface area is 159 Å². The molecular formula is C17H21N3O8. The third kappa shape index (κ3) is 7.83. The fraction of sp³-hybridized carbons (Fsp3) is 0.353. The molecule has 11 heteroatoms. The van der Waals surface area contributed by atoms with Gasteiger partial charge >= 0.3 is 17.9 Å². The molecule has 2 amide bonds. The van der Waals surface area contributed by atoms with Crippen LogP contribution in [0.3, 0.4) is 0 Å². The first-order valence-electron chi connectivity index (χ1n) is 8.16. The van der Waals surface area contributed by atoms with Gasteiger partial charge in [-0.05, 0) is 5.56 Å². The lowest BCUT2D eigenvalue weighted by Gasteiger charge is -2.22. The highest BCUT2D eigenvalue weighted by Gasteiger charge is 2.29. The molecule has 0 aliphatic carbocycles. The van der Waals surface area contributed by atoms with Crippen LogP contribution in [-0.2, 0) is 30.4 Å². The van der Waals surface area contributed by atoms with Gasteiger partial charge < -0.3 is 31.7 Å². The Morgan fingerprint density at radius 3 is 1.86 bits per heavy atom. The lowest BCUT2D eigenvalue weighted by molar-refractivity contribution is -0.147. The topological polar surface area (TPSA) is 196 Å². The number of carbonyl (C=O) groups excluding carboxylic acids is 2. The van der Waals surface area contributed by atoms with Gasteiger partial charge in [-0.25, -0.2) is 4.79 Å². The molecule has 7 N–H and O–H groups in total. The molecule has 3 atom stereocenters. The number of aliphatic carboxylic acids is 3. The Bertz CT molecular complexity index is 737. The maximum atomic E-state index is 12.5. The molecule has 11 nitrogen and oxygen atoms in total. The van der Waals surface area contributed by atoms with Crippen LogP contribution in [0.2, 0.25) is 0 Å². The van der Waals surface area contributed by atoms with Crippen LogP contribution in [0, 0.1) is 0 Å². The zero-order valence-electron chi connectivity index (χ0n) is 14.7. The maximum Gasteiger partial charge on any atom is 0.326 e. The van der Waals surface area contributed by atoms with E-state index in [1.165, 1.54) is 0 Å². The van der Waals surface area contributed by atoms with Crippen molar-refractivity contribution >= 4 is 29.7 Å². The number of amides is 2. The molecule has 1 aromatic carbocycles. The first-order chi connectivity index (χ1) is 13.1. The van der Waals surface area contributed by atoms with E-state index in [0.717, 1.165) is 0 Å². The van der Waals surface area contributed by atoms with E-state index in [4.69, 9.17) is 21.1 Å². The molecule has 0 saturated heterocycles. The standard InChI is InChI=1S/C17H21N3O8/c18-10(7-13(21)22)15(25)19-11(6-9-4-2-1-3-5-9)16(26)20-12(17(27)28)8-14(23)24/h1-5,10-12H,6-8,18H2,(H,19,25)(H,20,26)(H,21,22)(H,23,24)(H,27,28)/t10-,11-,12-/m0/s1. The zero-order chi connectivity index (χ0) is 21.3. The van der Waals surface area contributed by atoms with Gasteiger partial charge in [0.2, 0.25) is 11.8 Å². The van der Waals surface area contributed by atoms with E-state index >= 15 is 0 Å². The number of carboxylic acid groups (broad SMARTS) is 3. The summed E-state index contributed by atoms with van der Waals surface area (Å²) < 4.78 is 0. The van der Waals surface area contributed by atoms with Gasteiger partial charge in [-0.2, -0.15) is 0 Å². The predicted molar refractivity (Wildman–Crippen MR) is 94.1 cm³/mol. The number of carbonyl (C=O) groups is 5. The van der Waals surface area contributed by atoms with Crippen LogP contribution in [0.25, 0.3) is 0 Å². The molecule has 152 valence electrons. The molecule has 0 aromatic heterocycles. The maximum absolute atomic E-state index is 12.5. The monoisotopic (exact) mass is 395 g/mol. The molecular weight excluding hydrogens is 374 g/mol. The second-order valence-electron chi connectivity index (χ2n) is 5.95.